The molecule has 0 aliphatic carbocycles. The van der Waals surface area contributed by atoms with E-state index in [1.165, 1.54) is 24.8 Å². The molecule has 4 aliphatic rings. The van der Waals surface area contributed by atoms with E-state index < -0.39 is 0 Å². The molecule has 4 heterocycles. The van der Waals surface area contributed by atoms with Crippen LogP contribution in [-0.2, 0) is 22.4 Å². The first-order chi connectivity index (χ1) is 15.5. The Labute approximate surface area is 187 Å². The number of amides is 1. The Bertz CT molecular complexity index is 944. The molecule has 1 atom stereocenters. The average Bonchev–Trinajstić information content (AvgIpc) is 2.84. The van der Waals surface area contributed by atoms with Crippen LogP contribution in [0, 0.1) is 11.7 Å². The molecular weight excluding hydrogens is 411 g/mol. The van der Waals surface area contributed by atoms with Crippen molar-refractivity contribution < 1.29 is 23.5 Å². The lowest BCUT2D eigenvalue weighted by atomic mass is 9.86. The van der Waals surface area contributed by atoms with Gasteiger partial charge in [0.15, 0.2) is 0 Å². The maximum Gasteiger partial charge on any atom is 0.410 e. The van der Waals surface area contributed by atoms with Crippen LogP contribution in [0.2, 0.25) is 0 Å². The highest BCUT2D eigenvalue weighted by Gasteiger charge is 2.37. The van der Waals surface area contributed by atoms with E-state index in [1.807, 2.05) is 12.1 Å². The number of carbonyl (C=O) groups is 2. The molecule has 4 aliphatic heterocycles. The molecule has 2 aromatic carbocycles. The molecule has 6 nitrogen and oxygen atoms in total. The van der Waals surface area contributed by atoms with E-state index in [2.05, 4.69) is 4.90 Å². The molecule has 2 bridgehead atoms. The maximum absolute atomic E-state index is 12.6. The van der Waals surface area contributed by atoms with E-state index >= 15 is 0 Å². The van der Waals surface area contributed by atoms with Gasteiger partial charge in [0.25, 0.3) is 0 Å². The summed E-state index contributed by atoms with van der Waals surface area (Å²) in [6, 6.07) is 13.5. The minimum atomic E-state index is -0.352. The van der Waals surface area contributed by atoms with Crippen LogP contribution in [0.4, 0.5) is 9.18 Å². The van der Waals surface area contributed by atoms with E-state index in [9.17, 15) is 14.0 Å². The first-order valence-electron chi connectivity index (χ1n) is 11.1. The zero-order valence-electron chi connectivity index (χ0n) is 18.3. The normalized spacial score (nSPS) is 23.4. The van der Waals surface area contributed by atoms with Crippen molar-refractivity contribution in [1.82, 2.24) is 9.80 Å². The monoisotopic (exact) mass is 440 g/mol. The van der Waals surface area contributed by atoms with E-state index in [1.54, 1.807) is 29.2 Å². The molecule has 0 aromatic heterocycles. The maximum atomic E-state index is 12.6. The van der Waals surface area contributed by atoms with Gasteiger partial charge in [-0.05, 0) is 73.7 Å². The van der Waals surface area contributed by atoms with Crippen molar-refractivity contribution in [3.05, 3.63) is 71.0 Å². The highest BCUT2D eigenvalue weighted by Crippen LogP contribution is 2.30. The van der Waals surface area contributed by atoms with E-state index in [0.717, 1.165) is 44.5 Å². The first-order valence-corrected chi connectivity index (χ1v) is 11.1. The highest BCUT2D eigenvalue weighted by molar-refractivity contribution is 5.89. The number of rotatable bonds is 2. The third-order valence-corrected chi connectivity index (χ3v) is 6.48. The molecule has 170 valence electrons. The van der Waals surface area contributed by atoms with Gasteiger partial charge >= 0.3 is 12.1 Å². The second-order valence-corrected chi connectivity index (χ2v) is 8.50. The van der Waals surface area contributed by atoms with E-state index in [4.69, 9.17) is 9.47 Å². The van der Waals surface area contributed by atoms with Gasteiger partial charge in [-0.15, -0.1) is 0 Å². The lowest BCUT2D eigenvalue weighted by molar-refractivity contribution is -0.0446. The number of benzene rings is 2. The van der Waals surface area contributed by atoms with Gasteiger partial charge in [-0.1, -0.05) is 24.3 Å². The quantitative estimate of drug-likeness (QED) is 0.664. The van der Waals surface area contributed by atoms with Crippen LogP contribution in [0.5, 0.6) is 0 Å². The van der Waals surface area contributed by atoms with Crippen LogP contribution in [0.25, 0.3) is 0 Å². The number of halogens is 1. The predicted molar refractivity (Wildman–Crippen MR) is 118 cm³/mol. The SMILES string of the molecule is COC(=O)c1ccc2c(c1)CN(C(=O)O[C@@H]1CN3CCC1CC3)CC2.Fc1ccccc1. The highest BCUT2D eigenvalue weighted by atomic mass is 19.1. The Hall–Kier alpha value is -2.93. The number of ether oxygens (including phenoxy) is 2. The Morgan fingerprint density at radius 1 is 1.00 bits per heavy atom. The number of piperidine rings is 3. The molecule has 32 heavy (non-hydrogen) atoms. The Balaban J connectivity index is 0.000000300. The van der Waals surface area contributed by atoms with Gasteiger partial charge in [-0.25, -0.2) is 14.0 Å². The van der Waals surface area contributed by atoms with Crippen molar-refractivity contribution in [2.75, 3.05) is 33.3 Å². The smallest absolute Gasteiger partial charge is 0.410 e. The lowest BCUT2D eigenvalue weighted by Gasteiger charge is -2.44. The van der Waals surface area contributed by atoms with Gasteiger partial charge in [-0.3, -0.25) is 4.90 Å². The molecule has 6 rings (SSSR count). The fourth-order valence-corrected chi connectivity index (χ4v) is 4.62. The number of hydrogen-bond acceptors (Lipinski definition) is 5. The number of methoxy groups -OCH3 is 1. The number of esters is 1. The van der Waals surface area contributed by atoms with Gasteiger partial charge < -0.3 is 14.4 Å². The molecule has 7 heteroatoms. The third kappa shape index (κ3) is 5.27. The second kappa shape index (κ2) is 10.1. The molecule has 3 fully saturated rings. The third-order valence-electron chi connectivity index (χ3n) is 6.48. The molecule has 2 aromatic rings. The summed E-state index contributed by atoms with van der Waals surface area (Å²) in [5.41, 5.74) is 2.70. The minimum Gasteiger partial charge on any atom is -0.465 e. The summed E-state index contributed by atoms with van der Waals surface area (Å²) in [5.74, 6) is -0.0192. The molecule has 0 radical (unpaired) electrons. The van der Waals surface area contributed by atoms with Crippen molar-refractivity contribution in [2.45, 2.75) is 31.9 Å². The number of fused-ring (bicyclic) bond motifs is 4. The number of hydrogen-bond donors (Lipinski definition) is 0. The molecule has 1 amide bonds. The van der Waals surface area contributed by atoms with Crippen LogP contribution in [0.1, 0.15) is 34.3 Å². The summed E-state index contributed by atoms with van der Waals surface area (Å²) < 4.78 is 22.5. The van der Waals surface area contributed by atoms with E-state index in [0.29, 0.717) is 24.6 Å². The zero-order chi connectivity index (χ0) is 22.5. The van der Waals surface area contributed by atoms with Crippen molar-refractivity contribution in [2.24, 2.45) is 5.92 Å². The summed E-state index contributed by atoms with van der Waals surface area (Å²) in [7, 11) is 1.37. The van der Waals surface area contributed by atoms with Crippen LogP contribution in [0.3, 0.4) is 0 Å². The summed E-state index contributed by atoms with van der Waals surface area (Å²) in [6.45, 7) is 4.27. The first kappa shape index (κ1) is 22.3. The van der Waals surface area contributed by atoms with Crippen molar-refractivity contribution >= 4 is 12.1 Å². The molecular formula is C25H29FN2O4. The van der Waals surface area contributed by atoms with Crippen molar-refractivity contribution in [3.8, 4) is 0 Å². The van der Waals surface area contributed by atoms with Gasteiger partial charge in [0, 0.05) is 19.6 Å². The summed E-state index contributed by atoms with van der Waals surface area (Å²) in [6.07, 6.45) is 2.84. The Kier molecular flexibility index (Phi) is 7.05. The Morgan fingerprint density at radius 3 is 2.34 bits per heavy atom. The predicted octanol–water partition coefficient (Wildman–Crippen LogP) is 3.89. The largest absolute Gasteiger partial charge is 0.465 e. The van der Waals surface area contributed by atoms with Crippen LogP contribution < -0.4 is 0 Å². The summed E-state index contributed by atoms with van der Waals surface area (Å²) >= 11 is 0. The Morgan fingerprint density at radius 2 is 1.75 bits per heavy atom. The fraction of sp³-hybridized carbons (Fsp3) is 0.440. The fourth-order valence-electron chi connectivity index (χ4n) is 4.62. The van der Waals surface area contributed by atoms with Crippen molar-refractivity contribution in [1.29, 1.82) is 0 Å². The topological polar surface area (TPSA) is 59.1 Å². The summed E-state index contributed by atoms with van der Waals surface area (Å²) in [5, 5.41) is 0. The number of nitrogens with zero attached hydrogens (tertiary/aromatic N) is 2. The lowest BCUT2D eigenvalue weighted by Crippen LogP contribution is -2.53. The molecule has 0 N–H and O–H groups in total. The standard InChI is InChI=1S/C19H24N2O4.C6H5F/c1-24-18(22)15-3-2-13-6-9-21(11-16(13)10-15)19(23)25-17-12-20-7-4-14(17)5-8-20;7-6-4-2-1-3-5-6/h2-3,10,14,17H,4-9,11-12H2,1H3;1-5H/t17-;/m1./s1. The van der Waals surface area contributed by atoms with Crippen molar-refractivity contribution in [3.63, 3.8) is 0 Å². The number of carbonyl (C=O) groups excluding carboxylic acids is 2. The van der Waals surface area contributed by atoms with Crippen LogP contribution in [0.15, 0.2) is 48.5 Å². The van der Waals surface area contributed by atoms with Gasteiger partial charge in [-0.2, -0.15) is 0 Å². The van der Waals surface area contributed by atoms with Crippen LogP contribution >= 0.6 is 0 Å². The zero-order valence-corrected chi connectivity index (χ0v) is 18.3. The van der Waals surface area contributed by atoms with Gasteiger partial charge in [0.2, 0.25) is 0 Å². The summed E-state index contributed by atoms with van der Waals surface area (Å²) in [4.78, 5) is 28.5. The second-order valence-electron chi connectivity index (χ2n) is 8.50. The molecule has 0 spiro atoms. The molecule has 3 saturated heterocycles. The van der Waals surface area contributed by atoms with Crippen LogP contribution in [-0.4, -0.2) is 61.3 Å². The molecule has 0 unspecified atom stereocenters. The minimum absolute atomic E-state index is 0.0257. The van der Waals surface area contributed by atoms with Gasteiger partial charge in [0.05, 0.1) is 12.7 Å². The average molecular weight is 441 g/mol. The molecule has 0 saturated carbocycles. The van der Waals surface area contributed by atoms with E-state index in [-0.39, 0.29) is 24.0 Å². The van der Waals surface area contributed by atoms with Gasteiger partial charge in [0.1, 0.15) is 11.9 Å².